The van der Waals surface area contributed by atoms with Gasteiger partial charge < -0.3 is 10.2 Å². The molecular weight excluding hydrogens is 234 g/mol. The van der Waals surface area contributed by atoms with Gasteiger partial charge in [0.1, 0.15) is 11.6 Å². The van der Waals surface area contributed by atoms with Crippen molar-refractivity contribution in [2.75, 3.05) is 0 Å². The van der Waals surface area contributed by atoms with Crippen molar-refractivity contribution in [3.05, 3.63) is 34.9 Å². The molecule has 0 radical (unpaired) electrons. The van der Waals surface area contributed by atoms with Gasteiger partial charge in [-0.05, 0) is 30.5 Å². The highest BCUT2D eigenvalue weighted by Crippen LogP contribution is 2.17. The number of benzene rings is 1. The van der Waals surface area contributed by atoms with Gasteiger partial charge in [0.25, 0.3) is 0 Å². The van der Waals surface area contributed by atoms with E-state index in [2.05, 4.69) is 0 Å². The van der Waals surface area contributed by atoms with Crippen LogP contribution in [0.1, 0.15) is 28.8 Å². The van der Waals surface area contributed by atoms with Crippen LogP contribution in [0, 0.1) is 11.6 Å². The van der Waals surface area contributed by atoms with Crippen molar-refractivity contribution in [3.8, 4) is 0 Å². The van der Waals surface area contributed by atoms with E-state index in [-0.39, 0.29) is 24.8 Å². The molecule has 0 aliphatic heterocycles. The predicted molar refractivity (Wildman–Crippen MR) is 53.9 cm³/mol. The third-order valence-electron chi connectivity index (χ3n) is 2.20. The predicted octanol–water partition coefficient (Wildman–Crippen LogP) is 2.07. The quantitative estimate of drug-likeness (QED) is 0.831. The van der Waals surface area contributed by atoms with E-state index in [1.807, 2.05) is 0 Å². The number of carboxylic acids is 2. The third kappa shape index (κ3) is 3.51. The molecule has 0 fully saturated rings. The van der Waals surface area contributed by atoms with Crippen LogP contribution in [0.15, 0.2) is 12.1 Å². The van der Waals surface area contributed by atoms with Crippen molar-refractivity contribution >= 4 is 11.9 Å². The van der Waals surface area contributed by atoms with Crippen LogP contribution in [-0.4, -0.2) is 22.2 Å². The van der Waals surface area contributed by atoms with Crippen molar-refractivity contribution < 1.29 is 28.6 Å². The minimum atomic E-state index is -1.54. The molecule has 0 amide bonds. The molecule has 0 unspecified atom stereocenters. The highest BCUT2D eigenvalue weighted by atomic mass is 19.1. The zero-order valence-electron chi connectivity index (χ0n) is 8.74. The summed E-state index contributed by atoms with van der Waals surface area (Å²) in [6, 6.07) is 1.40. The van der Waals surface area contributed by atoms with E-state index in [0.29, 0.717) is 6.07 Å². The minimum Gasteiger partial charge on any atom is -0.481 e. The van der Waals surface area contributed by atoms with Crippen LogP contribution in [0.5, 0.6) is 0 Å². The Morgan fingerprint density at radius 1 is 1.12 bits per heavy atom. The minimum absolute atomic E-state index is 0.0197. The summed E-state index contributed by atoms with van der Waals surface area (Å²) in [5.74, 6) is -4.43. The first kappa shape index (κ1) is 13.1. The molecule has 0 atom stereocenters. The number of halogens is 2. The topological polar surface area (TPSA) is 74.6 Å². The lowest BCUT2D eigenvalue weighted by Gasteiger charge is -2.04. The summed E-state index contributed by atoms with van der Waals surface area (Å²) in [6.07, 6.45) is 0.0643. The fourth-order valence-corrected chi connectivity index (χ4v) is 1.37. The summed E-state index contributed by atoms with van der Waals surface area (Å²) in [5.41, 5.74) is -0.752. The Morgan fingerprint density at radius 3 is 2.29 bits per heavy atom. The zero-order valence-corrected chi connectivity index (χ0v) is 8.74. The number of carbonyl (C=O) groups is 2. The van der Waals surface area contributed by atoms with Crippen LogP contribution in [-0.2, 0) is 11.2 Å². The van der Waals surface area contributed by atoms with Crippen LogP contribution >= 0.6 is 0 Å². The van der Waals surface area contributed by atoms with E-state index in [1.54, 1.807) is 0 Å². The van der Waals surface area contributed by atoms with Crippen LogP contribution in [0.2, 0.25) is 0 Å². The molecule has 0 spiro atoms. The number of rotatable bonds is 5. The van der Waals surface area contributed by atoms with Crippen molar-refractivity contribution in [3.63, 3.8) is 0 Å². The lowest BCUT2D eigenvalue weighted by Crippen LogP contribution is -2.04. The highest BCUT2D eigenvalue weighted by molar-refractivity contribution is 5.88. The molecule has 1 aromatic carbocycles. The summed E-state index contributed by atoms with van der Waals surface area (Å²) < 4.78 is 26.5. The lowest BCUT2D eigenvalue weighted by atomic mass is 10.0. The first-order valence-corrected chi connectivity index (χ1v) is 4.85. The molecule has 17 heavy (non-hydrogen) atoms. The monoisotopic (exact) mass is 244 g/mol. The van der Waals surface area contributed by atoms with Gasteiger partial charge >= 0.3 is 11.9 Å². The van der Waals surface area contributed by atoms with Crippen molar-refractivity contribution in [1.29, 1.82) is 0 Å². The molecule has 0 saturated carbocycles. The maximum Gasteiger partial charge on any atom is 0.338 e. The molecule has 0 aliphatic rings. The third-order valence-corrected chi connectivity index (χ3v) is 2.20. The summed E-state index contributed by atoms with van der Waals surface area (Å²) in [5, 5.41) is 16.9. The molecular formula is C11H10F2O4. The number of aryl methyl sites for hydroxylation is 1. The van der Waals surface area contributed by atoms with Gasteiger partial charge in [0.05, 0.1) is 5.56 Å². The fourth-order valence-electron chi connectivity index (χ4n) is 1.37. The van der Waals surface area contributed by atoms with Gasteiger partial charge in [-0.2, -0.15) is 0 Å². The molecule has 1 aromatic rings. The van der Waals surface area contributed by atoms with Gasteiger partial charge in [-0.1, -0.05) is 0 Å². The summed E-state index contributed by atoms with van der Waals surface area (Å²) in [7, 11) is 0. The van der Waals surface area contributed by atoms with E-state index in [1.165, 1.54) is 0 Å². The van der Waals surface area contributed by atoms with E-state index in [9.17, 15) is 18.4 Å². The molecule has 1 rings (SSSR count). The molecule has 0 bridgehead atoms. The Kier molecular flexibility index (Phi) is 4.14. The SMILES string of the molecule is O=C(O)CCCc1cc(F)c(C(=O)O)cc1F. The van der Waals surface area contributed by atoms with Crippen molar-refractivity contribution in [1.82, 2.24) is 0 Å². The maximum atomic E-state index is 13.3. The second-order valence-corrected chi connectivity index (χ2v) is 3.48. The molecule has 0 aliphatic carbocycles. The summed E-state index contributed by atoms with van der Waals surface area (Å²) in [4.78, 5) is 20.7. The fraction of sp³-hybridized carbons (Fsp3) is 0.273. The lowest BCUT2D eigenvalue weighted by molar-refractivity contribution is -0.137. The number of hydrogen-bond donors (Lipinski definition) is 2. The molecule has 6 heteroatoms. The average molecular weight is 244 g/mol. The van der Waals surface area contributed by atoms with Crippen molar-refractivity contribution in [2.45, 2.75) is 19.3 Å². The smallest absolute Gasteiger partial charge is 0.338 e. The average Bonchev–Trinajstić information content (AvgIpc) is 2.21. The Hall–Kier alpha value is -1.98. The summed E-state index contributed by atoms with van der Waals surface area (Å²) >= 11 is 0. The normalized spacial score (nSPS) is 10.2. The first-order valence-electron chi connectivity index (χ1n) is 4.85. The van der Waals surface area contributed by atoms with Gasteiger partial charge in [-0.25, -0.2) is 13.6 Å². The van der Waals surface area contributed by atoms with Crippen molar-refractivity contribution in [2.24, 2.45) is 0 Å². The van der Waals surface area contributed by atoms with Gasteiger partial charge in [0, 0.05) is 6.42 Å². The van der Waals surface area contributed by atoms with Crippen LogP contribution in [0.3, 0.4) is 0 Å². The standard InChI is InChI=1S/C11H10F2O4/c12-8-5-7(11(16)17)9(13)4-6(8)2-1-3-10(14)15/h4-5H,1-3H2,(H,14,15)(H,16,17). The van der Waals surface area contributed by atoms with E-state index in [4.69, 9.17) is 10.2 Å². The number of carboxylic acid groups (broad SMARTS) is 2. The largest absolute Gasteiger partial charge is 0.481 e. The molecule has 0 saturated heterocycles. The zero-order chi connectivity index (χ0) is 13.0. The number of aromatic carboxylic acids is 1. The van der Waals surface area contributed by atoms with E-state index < -0.39 is 29.1 Å². The van der Waals surface area contributed by atoms with Gasteiger partial charge in [-0.15, -0.1) is 0 Å². The molecule has 0 heterocycles. The molecule has 0 aromatic heterocycles. The Balaban J connectivity index is 2.84. The number of aliphatic carboxylic acids is 1. The van der Waals surface area contributed by atoms with E-state index >= 15 is 0 Å². The highest BCUT2D eigenvalue weighted by Gasteiger charge is 2.15. The van der Waals surface area contributed by atoms with Gasteiger partial charge in [0.2, 0.25) is 0 Å². The molecule has 2 N–H and O–H groups in total. The first-order chi connectivity index (χ1) is 7.91. The van der Waals surface area contributed by atoms with Crippen LogP contribution in [0.25, 0.3) is 0 Å². The van der Waals surface area contributed by atoms with Crippen LogP contribution in [0.4, 0.5) is 8.78 Å². The Labute approximate surface area is 95.5 Å². The molecule has 4 nitrogen and oxygen atoms in total. The van der Waals surface area contributed by atoms with Gasteiger partial charge in [0.15, 0.2) is 0 Å². The Bertz CT molecular complexity index is 457. The molecule has 92 valence electrons. The Morgan fingerprint density at radius 2 is 1.76 bits per heavy atom. The second-order valence-electron chi connectivity index (χ2n) is 3.48. The maximum absolute atomic E-state index is 13.3. The second kappa shape index (κ2) is 5.38. The van der Waals surface area contributed by atoms with Crippen LogP contribution < -0.4 is 0 Å². The summed E-state index contributed by atoms with van der Waals surface area (Å²) in [6.45, 7) is 0. The van der Waals surface area contributed by atoms with E-state index in [0.717, 1.165) is 6.07 Å². The van der Waals surface area contributed by atoms with Gasteiger partial charge in [-0.3, -0.25) is 4.79 Å². The number of hydrogen-bond acceptors (Lipinski definition) is 2.